The van der Waals surface area contributed by atoms with E-state index in [1.165, 1.54) is 31.4 Å². The van der Waals surface area contributed by atoms with E-state index >= 15 is 0 Å². The second-order valence-electron chi connectivity index (χ2n) is 8.06. The van der Waals surface area contributed by atoms with Crippen LogP contribution in [0.25, 0.3) is 11.8 Å². The van der Waals surface area contributed by atoms with Crippen molar-refractivity contribution >= 4 is 46.9 Å². The van der Waals surface area contributed by atoms with E-state index in [4.69, 9.17) is 17.0 Å². The number of aryl methyl sites for hydroxylation is 2. The smallest absolute Gasteiger partial charge is 0.337 e. The highest BCUT2D eigenvalue weighted by atomic mass is 32.1. The first-order chi connectivity index (χ1) is 16.6. The molecule has 1 aliphatic rings. The van der Waals surface area contributed by atoms with Crippen LogP contribution in [0.3, 0.4) is 0 Å². The maximum atomic E-state index is 14.4. The molecule has 2 heterocycles. The number of nitrogens with one attached hydrogen (secondary N) is 1. The van der Waals surface area contributed by atoms with Crippen molar-refractivity contribution < 1.29 is 23.5 Å². The van der Waals surface area contributed by atoms with Gasteiger partial charge >= 0.3 is 5.97 Å². The number of rotatable bonds is 4. The Morgan fingerprint density at radius 3 is 2.43 bits per heavy atom. The SMILES string of the molecule is COC(=O)c1ccc(-n2c(C)cc(/C=C3\C(=O)NC(=S)N(c4ccccc4F)C3=O)c2C)c(C)c1. The zero-order valence-corrected chi connectivity index (χ0v) is 20.3. The number of benzene rings is 2. The third-order valence-corrected chi connectivity index (χ3v) is 6.11. The molecule has 9 heteroatoms. The highest BCUT2D eigenvalue weighted by molar-refractivity contribution is 7.80. The summed E-state index contributed by atoms with van der Waals surface area (Å²) in [4.78, 5) is 38.8. The molecule has 1 saturated heterocycles. The van der Waals surface area contributed by atoms with E-state index in [1.807, 2.05) is 37.5 Å². The lowest BCUT2D eigenvalue weighted by Crippen LogP contribution is -2.54. The minimum Gasteiger partial charge on any atom is -0.465 e. The molecule has 1 aromatic heterocycles. The fraction of sp³-hybridized carbons (Fsp3) is 0.154. The van der Waals surface area contributed by atoms with Gasteiger partial charge in [0.05, 0.1) is 18.4 Å². The van der Waals surface area contributed by atoms with Crippen LogP contribution in [-0.4, -0.2) is 34.6 Å². The lowest BCUT2D eigenvalue weighted by Gasteiger charge is -2.29. The van der Waals surface area contributed by atoms with Crippen LogP contribution in [0.2, 0.25) is 0 Å². The Kier molecular flexibility index (Phi) is 6.36. The van der Waals surface area contributed by atoms with Crippen LogP contribution >= 0.6 is 12.2 Å². The summed E-state index contributed by atoms with van der Waals surface area (Å²) in [5, 5.41) is 2.29. The fourth-order valence-electron chi connectivity index (χ4n) is 4.12. The minimum atomic E-state index is -0.715. The molecule has 1 fully saturated rings. The van der Waals surface area contributed by atoms with Crippen molar-refractivity contribution in [3.8, 4) is 5.69 Å². The number of carbonyl (C=O) groups is 3. The number of hydrogen-bond acceptors (Lipinski definition) is 5. The number of halogens is 1. The summed E-state index contributed by atoms with van der Waals surface area (Å²) in [5.41, 5.74) is 4.18. The second kappa shape index (κ2) is 9.27. The van der Waals surface area contributed by atoms with Gasteiger partial charge in [0, 0.05) is 17.1 Å². The maximum Gasteiger partial charge on any atom is 0.337 e. The zero-order valence-electron chi connectivity index (χ0n) is 19.5. The Labute approximate surface area is 206 Å². The Balaban J connectivity index is 1.76. The van der Waals surface area contributed by atoms with Gasteiger partial charge in [-0.25, -0.2) is 14.1 Å². The molecule has 2 aromatic carbocycles. The molecular weight excluding hydrogens is 469 g/mol. The number of anilines is 1. The molecule has 0 spiro atoms. The summed E-state index contributed by atoms with van der Waals surface area (Å²) < 4.78 is 21.2. The van der Waals surface area contributed by atoms with Crippen LogP contribution in [0, 0.1) is 26.6 Å². The van der Waals surface area contributed by atoms with Crippen LogP contribution in [0.4, 0.5) is 10.1 Å². The van der Waals surface area contributed by atoms with Gasteiger partial charge in [-0.15, -0.1) is 0 Å². The van der Waals surface area contributed by atoms with E-state index in [-0.39, 0.29) is 16.4 Å². The van der Waals surface area contributed by atoms with Crippen molar-refractivity contribution in [3.05, 3.63) is 88.0 Å². The van der Waals surface area contributed by atoms with Gasteiger partial charge in [-0.1, -0.05) is 12.1 Å². The van der Waals surface area contributed by atoms with Crippen molar-refractivity contribution in [2.75, 3.05) is 12.0 Å². The van der Waals surface area contributed by atoms with Gasteiger partial charge in [-0.05, 0) is 86.6 Å². The summed E-state index contributed by atoms with van der Waals surface area (Å²) >= 11 is 5.15. The lowest BCUT2D eigenvalue weighted by molar-refractivity contribution is -0.122. The zero-order chi connectivity index (χ0) is 25.4. The molecule has 0 aliphatic carbocycles. The molecule has 0 radical (unpaired) electrons. The van der Waals surface area contributed by atoms with Gasteiger partial charge in [0.25, 0.3) is 11.8 Å². The van der Waals surface area contributed by atoms with Crippen molar-refractivity contribution in [3.63, 3.8) is 0 Å². The van der Waals surface area contributed by atoms with E-state index in [2.05, 4.69) is 5.32 Å². The quantitative estimate of drug-likeness (QED) is 0.257. The number of para-hydroxylation sites is 1. The first kappa shape index (κ1) is 24.0. The summed E-state index contributed by atoms with van der Waals surface area (Å²) in [6.07, 6.45) is 1.48. The third kappa shape index (κ3) is 4.26. The van der Waals surface area contributed by atoms with E-state index in [9.17, 15) is 18.8 Å². The third-order valence-electron chi connectivity index (χ3n) is 5.82. The molecule has 2 amide bonds. The molecule has 178 valence electrons. The van der Waals surface area contributed by atoms with Gasteiger partial charge in [0.2, 0.25) is 0 Å². The van der Waals surface area contributed by atoms with Crippen molar-refractivity contribution in [2.45, 2.75) is 20.8 Å². The summed E-state index contributed by atoms with van der Waals surface area (Å²) in [6.45, 7) is 5.63. The molecular formula is C26H22FN3O4S. The van der Waals surface area contributed by atoms with Gasteiger partial charge in [-0.3, -0.25) is 14.9 Å². The van der Waals surface area contributed by atoms with E-state index in [1.54, 1.807) is 18.2 Å². The topological polar surface area (TPSA) is 80.6 Å². The van der Waals surface area contributed by atoms with E-state index in [0.29, 0.717) is 11.1 Å². The Morgan fingerprint density at radius 2 is 1.77 bits per heavy atom. The number of esters is 1. The number of carbonyl (C=O) groups excluding carboxylic acids is 3. The Hall–Kier alpha value is -4.11. The van der Waals surface area contributed by atoms with Crippen LogP contribution in [0.1, 0.15) is 32.9 Å². The molecule has 0 unspecified atom stereocenters. The number of ether oxygens (including phenoxy) is 1. The van der Waals surface area contributed by atoms with E-state index in [0.717, 1.165) is 27.5 Å². The van der Waals surface area contributed by atoms with Crippen molar-refractivity contribution in [2.24, 2.45) is 0 Å². The number of amides is 2. The number of hydrogen-bond donors (Lipinski definition) is 1. The number of methoxy groups -OCH3 is 1. The molecule has 4 rings (SSSR count). The summed E-state index contributed by atoms with van der Waals surface area (Å²) in [6, 6.07) is 12.8. The Bertz CT molecular complexity index is 1440. The maximum absolute atomic E-state index is 14.4. The predicted octanol–water partition coefficient (Wildman–Crippen LogP) is 4.16. The molecule has 0 atom stereocenters. The number of thiocarbonyl (C=S) groups is 1. The average Bonchev–Trinajstić information content (AvgIpc) is 3.09. The van der Waals surface area contributed by atoms with Crippen molar-refractivity contribution in [1.82, 2.24) is 9.88 Å². The van der Waals surface area contributed by atoms with Crippen LogP contribution in [-0.2, 0) is 14.3 Å². The minimum absolute atomic E-state index is 0.0415. The monoisotopic (exact) mass is 491 g/mol. The van der Waals surface area contributed by atoms with Gasteiger partial charge in [-0.2, -0.15) is 0 Å². The van der Waals surface area contributed by atoms with Crippen LogP contribution < -0.4 is 10.2 Å². The molecule has 1 N–H and O–H groups in total. The average molecular weight is 492 g/mol. The van der Waals surface area contributed by atoms with Crippen LogP contribution in [0.5, 0.6) is 0 Å². The molecule has 0 bridgehead atoms. The standard InChI is InChI=1S/C26H22FN3O4S/c1-14-11-17(25(33)34-4)9-10-21(14)29-15(2)12-18(16(29)3)13-19-23(31)28-26(35)30(24(19)32)22-8-6-5-7-20(22)27/h5-13H,1-4H3,(H,28,31,35)/b19-13+. The van der Waals surface area contributed by atoms with Crippen molar-refractivity contribution in [1.29, 1.82) is 0 Å². The lowest BCUT2D eigenvalue weighted by atomic mass is 10.1. The molecule has 0 saturated carbocycles. The highest BCUT2D eigenvalue weighted by Gasteiger charge is 2.36. The molecule has 1 aliphatic heterocycles. The Morgan fingerprint density at radius 1 is 1.06 bits per heavy atom. The van der Waals surface area contributed by atoms with Gasteiger partial charge in [0.1, 0.15) is 11.4 Å². The predicted molar refractivity (Wildman–Crippen MR) is 134 cm³/mol. The molecule has 7 nitrogen and oxygen atoms in total. The summed E-state index contributed by atoms with van der Waals surface area (Å²) in [5.74, 6) is -2.43. The van der Waals surface area contributed by atoms with Crippen LogP contribution in [0.15, 0.2) is 54.1 Å². The molecule has 35 heavy (non-hydrogen) atoms. The normalized spacial score (nSPS) is 14.9. The number of nitrogens with zero attached hydrogens (tertiary/aromatic N) is 2. The second-order valence-corrected chi connectivity index (χ2v) is 8.45. The van der Waals surface area contributed by atoms with E-state index < -0.39 is 23.6 Å². The van der Waals surface area contributed by atoms with Gasteiger partial charge < -0.3 is 9.30 Å². The fourth-order valence-corrected chi connectivity index (χ4v) is 4.39. The molecule has 3 aromatic rings. The first-order valence-corrected chi connectivity index (χ1v) is 11.1. The number of aromatic nitrogens is 1. The highest BCUT2D eigenvalue weighted by Crippen LogP contribution is 2.28. The first-order valence-electron chi connectivity index (χ1n) is 10.7. The summed E-state index contributed by atoms with van der Waals surface area (Å²) in [7, 11) is 1.33. The largest absolute Gasteiger partial charge is 0.465 e. The van der Waals surface area contributed by atoms with Gasteiger partial charge in [0.15, 0.2) is 5.11 Å².